The maximum atomic E-state index is 12.7. The Labute approximate surface area is 140 Å². The maximum absolute atomic E-state index is 12.7. The summed E-state index contributed by atoms with van der Waals surface area (Å²) in [6.07, 6.45) is 3.20. The monoisotopic (exact) mass is 321 g/mol. The van der Waals surface area contributed by atoms with Crippen LogP contribution in [0.4, 0.5) is 5.69 Å². The normalized spacial score (nSPS) is 15.0. The summed E-state index contributed by atoms with van der Waals surface area (Å²) in [5.41, 5.74) is 4.51. The van der Waals surface area contributed by atoms with E-state index in [4.69, 9.17) is 0 Å². The average molecular weight is 321 g/mol. The summed E-state index contributed by atoms with van der Waals surface area (Å²) in [6, 6.07) is 10.3. The third-order valence-corrected chi connectivity index (χ3v) is 4.45. The number of aromatic nitrogens is 3. The first-order valence-corrected chi connectivity index (χ1v) is 8.11. The van der Waals surface area contributed by atoms with Gasteiger partial charge in [-0.05, 0) is 30.7 Å². The van der Waals surface area contributed by atoms with Crippen LogP contribution >= 0.6 is 0 Å². The molecule has 3 heterocycles. The number of nitrogens with zero attached hydrogens (tertiary/aromatic N) is 4. The summed E-state index contributed by atoms with van der Waals surface area (Å²) < 4.78 is 0. The van der Waals surface area contributed by atoms with Gasteiger partial charge in [0, 0.05) is 38.1 Å². The molecule has 1 fully saturated rings. The number of imidazole rings is 1. The van der Waals surface area contributed by atoms with Gasteiger partial charge in [-0.2, -0.15) is 0 Å². The van der Waals surface area contributed by atoms with Gasteiger partial charge in [-0.15, -0.1) is 0 Å². The Morgan fingerprint density at radius 3 is 2.75 bits per heavy atom. The van der Waals surface area contributed by atoms with Crippen molar-refractivity contribution in [3.8, 4) is 0 Å². The largest absolute Gasteiger partial charge is 0.368 e. The van der Waals surface area contributed by atoms with E-state index in [1.165, 1.54) is 11.3 Å². The van der Waals surface area contributed by atoms with E-state index in [1.54, 1.807) is 12.5 Å². The van der Waals surface area contributed by atoms with Gasteiger partial charge in [-0.1, -0.05) is 12.1 Å². The third kappa shape index (κ3) is 2.71. The minimum atomic E-state index is 0.0305. The number of piperazine rings is 1. The molecule has 0 bridgehead atoms. The second-order valence-corrected chi connectivity index (χ2v) is 6.12. The van der Waals surface area contributed by atoms with Crippen molar-refractivity contribution >= 4 is 22.8 Å². The number of pyridine rings is 1. The first-order chi connectivity index (χ1) is 11.7. The molecule has 2 aromatic heterocycles. The van der Waals surface area contributed by atoms with E-state index in [2.05, 4.69) is 51.0 Å². The van der Waals surface area contributed by atoms with Gasteiger partial charge in [0.05, 0.1) is 17.4 Å². The first-order valence-electron chi connectivity index (χ1n) is 8.11. The van der Waals surface area contributed by atoms with Crippen LogP contribution < -0.4 is 4.90 Å². The molecule has 1 aliphatic rings. The van der Waals surface area contributed by atoms with Crippen LogP contribution in [0, 0.1) is 6.92 Å². The highest BCUT2D eigenvalue weighted by atomic mass is 16.2. The molecule has 6 heteroatoms. The molecule has 0 atom stereocenters. The summed E-state index contributed by atoms with van der Waals surface area (Å²) in [5.74, 6) is 0.0305. The van der Waals surface area contributed by atoms with E-state index >= 15 is 0 Å². The number of carbonyl (C=O) groups is 1. The second-order valence-electron chi connectivity index (χ2n) is 6.12. The number of aryl methyl sites for hydroxylation is 1. The number of nitrogens with one attached hydrogen (secondary N) is 1. The number of H-pyrrole nitrogens is 1. The lowest BCUT2D eigenvalue weighted by Crippen LogP contribution is -2.48. The summed E-state index contributed by atoms with van der Waals surface area (Å²) in [7, 11) is 0. The van der Waals surface area contributed by atoms with Crippen molar-refractivity contribution in [1.82, 2.24) is 19.9 Å². The molecule has 1 N–H and O–H groups in total. The molecule has 0 aliphatic carbocycles. The molecule has 1 saturated heterocycles. The van der Waals surface area contributed by atoms with Crippen LogP contribution in [-0.4, -0.2) is 51.9 Å². The molecule has 0 spiro atoms. The van der Waals surface area contributed by atoms with Crippen molar-refractivity contribution in [2.75, 3.05) is 31.1 Å². The van der Waals surface area contributed by atoms with Crippen LogP contribution in [0.15, 0.2) is 42.9 Å². The number of amides is 1. The van der Waals surface area contributed by atoms with Crippen LogP contribution in [0.3, 0.4) is 0 Å². The van der Waals surface area contributed by atoms with Crippen molar-refractivity contribution in [1.29, 1.82) is 0 Å². The number of rotatable bonds is 2. The van der Waals surface area contributed by atoms with Crippen molar-refractivity contribution < 1.29 is 4.79 Å². The van der Waals surface area contributed by atoms with Crippen molar-refractivity contribution in [3.63, 3.8) is 0 Å². The molecular weight excluding hydrogens is 302 g/mol. The molecule has 0 unspecified atom stereocenters. The highest BCUT2D eigenvalue weighted by molar-refractivity contribution is 5.96. The fraction of sp³-hybridized carbons (Fsp3) is 0.278. The topological polar surface area (TPSA) is 65.1 Å². The van der Waals surface area contributed by atoms with E-state index < -0.39 is 0 Å². The zero-order valence-corrected chi connectivity index (χ0v) is 13.6. The van der Waals surface area contributed by atoms with Crippen LogP contribution in [-0.2, 0) is 0 Å². The van der Waals surface area contributed by atoms with Crippen LogP contribution in [0.1, 0.15) is 15.9 Å². The zero-order valence-electron chi connectivity index (χ0n) is 13.6. The Kier molecular flexibility index (Phi) is 3.65. The highest BCUT2D eigenvalue weighted by Crippen LogP contribution is 2.19. The fourth-order valence-corrected chi connectivity index (χ4v) is 3.12. The Hall–Kier alpha value is -2.89. The summed E-state index contributed by atoms with van der Waals surface area (Å²) in [6.45, 7) is 5.22. The highest BCUT2D eigenvalue weighted by Gasteiger charge is 2.23. The van der Waals surface area contributed by atoms with E-state index in [0.29, 0.717) is 24.3 Å². The minimum Gasteiger partial charge on any atom is -0.368 e. The van der Waals surface area contributed by atoms with Gasteiger partial charge in [0.25, 0.3) is 5.91 Å². The van der Waals surface area contributed by atoms with Gasteiger partial charge in [0.2, 0.25) is 0 Å². The Bertz CT molecular complexity index is 880. The number of anilines is 1. The predicted octanol–water partition coefficient (Wildman–Crippen LogP) is 2.23. The van der Waals surface area contributed by atoms with Gasteiger partial charge >= 0.3 is 0 Å². The molecule has 24 heavy (non-hydrogen) atoms. The van der Waals surface area contributed by atoms with Crippen LogP contribution in [0.2, 0.25) is 0 Å². The maximum Gasteiger partial charge on any atom is 0.255 e. The van der Waals surface area contributed by atoms with E-state index in [9.17, 15) is 4.79 Å². The third-order valence-electron chi connectivity index (χ3n) is 4.45. The zero-order chi connectivity index (χ0) is 16.5. The molecule has 1 amide bonds. The molecule has 0 radical (unpaired) electrons. The number of hydrogen-bond donors (Lipinski definition) is 1. The van der Waals surface area contributed by atoms with Gasteiger partial charge in [-0.25, -0.2) is 9.97 Å². The smallest absolute Gasteiger partial charge is 0.255 e. The Balaban J connectivity index is 1.46. The number of benzene rings is 1. The molecule has 6 nitrogen and oxygen atoms in total. The number of fused-ring (bicyclic) bond motifs is 1. The second kappa shape index (κ2) is 5.96. The first kappa shape index (κ1) is 14.7. The van der Waals surface area contributed by atoms with Gasteiger partial charge in [0.15, 0.2) is 5.65 Å². The molecular formula is C18H19N5O. The Morgan fingerprint density at radius 1 is 1.12 bits per heavy atom. The predicted molar refractivity (Wildman–Crippen MR) is 93.2 cm³/mol. The van der Waals surface area contributed by atoms with E-state index in [-0.39, 0.29) is 5.91 Å². The minimum absolute atomic E-state index is 0.0305. The number of hydrogen-bond acceptors (Lipinski definition) is 4. The van der Waals surface area contributed by atoms with E-state index in [1.807, 2.05) is 11.0 Å². The van der Waals surface area contributed by atoms with Gasteiger partial charge in [-0.3, -0.25) is 4.79 Å². The lowest BCUT2D eigenvalue weighted by Gasteiger charge is -2.36. The molecule has 122 valence electrons. The summed E-state index contributed by atoms with van der Waals surface area (Å²) in [4.78, 5) is 28.2. The average Bonchev–Trinajstić information content (AvgIpc) is 3.09. The lowest BCUT2D eigenvalue weighted by molar-refractivity contribution is 0.0746. The van der Waals surface area contributed by atoms with Gasteiger partial charge in [0.1, 0.15) is 0 Å². The Morgan fingerprint density at radius 2 is 1.96 bits per heavy atom. The lowest BCUT2D eigenvalue weighted by atomic mass is 10.1. The fourth-order valence-electron chi connectivity index (χ4n) is 3.12. The molecule has 1 aliphatic heterocycles. The van der Waals surface area contributed by atoms with Crippen LogP contribution in [0.5, 0.6) is 0 Å². The van der Waals surface area contributed by atoms with Crippen molar-refractivity contribution in [3.05, 3.63) is 54.0 Å². The number of aromatic amines is 1. The quantitative estimate of drug-likeness (QED) is 0.786. The van der Waals surface area contributed by atoms with Crippen LogP contribution in [0.25, 0.3) is 11.2 Å². The SMILES string of the molecule is Cc1cccc(N2CCN(C(=O)c3cnc4nc[nH]c4c3)CC2)c1. The van der Waals surface area contributed by atoms with Gasteiger partial charge < -0.3 is 14.8 Å². The summed E-state index contributed by atoms with van der Waals surface area (Å²) in [5, 5.41) is 0. The summed E-state index contributed by atoms with van der Waals surface area (Å²) >= 11 is 0. The number of carbonyl (C=O) groups excluding carboxylic acids is 1. The van der Waals surface area contributed by atoms with Crippen molar-refractivity contribution in [2.45, 2.75) is 6.92 Å². The standard InChI is InChI=1S/C18H19N5O/c1-13-3-2-4-15(9-13)22-5-7-23(8-6-22)18(24)14-10-16-17(19-11-14)21-12-20-16/h2-4,9-12H,5-8H2,1H3,(H,19,20,21). The van der Waals surface area contributed by atoms with Crippen molar-refractivity contribution in [2.24, 2.45) is 0 Å². The molecule has 3 aromatic rings. The van der Waals surface area contributed by atoms with E-state index in [0.717, 1.165) is 18.6 Å². The molecule has 1 aromatic carbocycles. The molecule has 4 rings (SSSR count). The molecule has 0 saturated carbocycles.